The van der Waals surface area contributed by atoms with Gasteiger partial charge in [-0.1, -0.05) is 48.0 Å². The molecule has 0 amide bonds. The lowest BCUT2D eigenvalue weighted by Crippen LogP contribution is -2.28. The SMILES string of the molecule is Cc1ccc(Nc2c(-c3ccccc3)nc3n2CCNC3)cc1. The molecule has 1 aliphatic heterocycles. The van der Waals surface area contributed by atoms with Gasteiger partial charge < -0.3 is 15.2 Å². The average Bonchev–Trinajstić information content (AvgIpc) is 2.96. The third kappa shape index (κ3) is 2.73. The molecule has 0 fully saturated rings. The molecule has 0 saturated heterocycles. The largest absolute Gasteiger partial charge is 0.340 e. The van der Waals surface area contributed by atoms with Gasteiger partial charge in [0.2, 0.25) is 0 Å². The molecule has 2 aromatic carbocycles. The summed E-state index contributed by atoms with van der Waals surface area (Å²) >= 11 is 0. The molecule has 0 bridgehead atoms. The van der Waals surface area contributed by atoms with Crippen LogP contribution in [0.2, 0.25) is 0 Å². The maximum atomic E-state index is 4.87. The van der Waals surface area contributed by atoms with E-state index in [0.717, 1.165) is 48.2 Å². The van der Waals surface area contributed by atoms with Gasteiger partial charge in [0.05, 0.1) is 6.54 Å². The van der Waals surface area contributed by atoms with Gasteiger partial charge in [-0.25, -0.2) is 4.98 Å². The minimum absolute atomic E-state index is 0.815. The summed E-state index contributed by atoms with van der Waals surface area (Å²) in [5.41, 5.74) is 4.52. The molecule has 0 aliphatic carbocycles. The lowest BCUT2D eigenvalue weighted by Gasteiger charge is -2.18. The molecule has 1 aromatic heterocycles. The zero-order valence-corrected chi connectivity index (χ0v) is 13.2. The monoisotopic (exact) mass is 304 g/mol. The number of aryl methyl sites for hydroxylation is 1. The highest BCUT2D eigenvalue weighted by Gasteiger charge is 2.20. The van der Waals surface area contributed by atoms with Gasteiger partial charge in [0.1, 0.15) is 17.3 Å². The molecule has 2 heterocycles. The van der Waals surface area contributed by atoms with Crippen molar-refractivity contribution in [1.29, 1.82) is 0 Å². The highest BCUT2D eigenvalue weighted by atomic mass is 15.2. The van der Waals surface area contributed by atoms with E-state index in [1.54, 1.807) is 0 Å². The number of benzene rings is 2. The van der Waals surface area contributed by atoms with Crippen LogP contribution in [0.15, 0.2) is 54.6 Å². The molecule has 0 spiro atoms. The molecule has 1 aliphatic rings. The van der Waals surface area contributed by atoms with Crippen LogP contribution in [0.25, 0.3) is 11.3 Å². The predicted molar refractivity (Wildman–Crippen MR) is 93.8 cm³/mol. The van der Waals surface area contributed by atoms with Crippen molar-refractivity contribution in [1.82, 2.24) is 14.9 Å². The summed E-state index contributed by atoms with van der Waals surface area (Å²) in [5, 5.41) is 6.97. The van der Waals surface area contributed by atoms with E-state index in [4.69, 9.17) is 4.98 Å². The molecule has 4 nitrogen and oxygen atoms in total. The number of nitrogens with zero attached hydrogens (tertiary/aromatic N) is 2. The molecule has 116 valence electrons. The van der Waals surface area contributed by atoms with Crippen molar-refractivity contribution in [3.05, 3.63) is 66.0 Å². The number of hydrogen-bond donors (Lipinski definition) is 2. The van der Waals surface area contributed by atoms with Gasteiger partial charge in [-0.05, 0) is 19.1 Å². The summed E-state index contributed by atoms with van der Waals surface area (Å²) in [7, 11) is 0. The van der Waals surface area contributed by atoms with E-state index in [1.807, 2.05) is 6.07 Å². The van der Waals surface area contributed by atoms with Gasteiger partial charge in [-0.2, -0.15) is 0 Å². The van der Waals surface area contributed by atoms with E-state index in [9.17, 15) is 0 Å². The van der Waals surface area contributed by atoms with Crippen molar-refractivity contribution in [2.24, 2.45) is 0 Å². The van der Waals surface area contributed by atoms with Crippen LogP contribution in [0.1, 0.15) is 11.4 Å². The molecule has 3 aromatic rings. The van der Waals surface area contributed by atoms with Gasteiger partial charge in [-0.15, -0.1) is 0 Å². The zero-order valence-electron chi connectivity index (χ0n) is 13.2. The van der Waals surface area contributed by atoms with Crippen molar-refractivity contribution < 1.29 is 0 Å². The standard InChI is InChI=1S/C19H20N4/c1-14-7-9-16(10-8-14)21-19-18(15-5-3-2-4-6-15)22-17-13-20-11-12-23(17)19/h2-10,20-21H,11-13H2,1H3. The summed E-state index contributed by atoms with van der Waals surface area (Å²) in [6.07, 6.45) is 0. The van der Waals surface area contributed by atoms with E-state index in [-0.39, 0.29) is 0 Å². The Hall–Kier alpha value is -2.59. The average molecular weight is 304 g/mol. The van der Waals surface area contributed by atoms with Gasteiger partial charge in [0.25, 0.3) is 0 Å². The van der Waals surface area contributed by atoms with E-state index in [1.165, 1.54) is 5.56 Å². The predicted octanol–water partition coefficient (Wildman–Crippen LogP) is 3.71. The first-order valence-electron chi connectivity index (χ1n) is 8.00. The van der Waals surface area contributed by atoms with Crippen molar-refractivity contribution in [2.75, 3.05) is 11.9 Å². The Morgan fingerprint density at radius 1 is 1.04 bits per heavy atom. The van der Waals surface area contributed by atoms with E-state index in [2.05, 4.69) is 70.7 Å². The zero-order chi connectivity index (χ0) is 15.6. The lowest BCUT2D eigenvalue weighted by molar-refractivity contribution is 0.509. The quantitative estimate of drug-likeness (QED) is 0.775. The van der Waals surface area contributed by atoms with Crippen molar-refractivity contribution in [3.63, 3.8) is 0 Å². The van der Waals surface area contributed by atoms with E-state index in [0.29, 0.717) is 0 Å². The minimum atomic E-state index is 0.815. The van der Waals surface area contributed by atoms with Crippen molar-refractivity contribution in [2.45, 2.75) is 20.0 Å². The smallest absolute Gasteiger partial charge is 0.138 e. The number of rotatable bonds is 3. The molecule has 2 N–H and O–H groups in total. The van der Waals surface area contributed by atoms with Crippen LogP contribution >= 0.6 is 0 Å². The Bertz CT molecular complexity index is 803. The molecule has 0 atom stereocenters. The molecule has 0 saturated carbocycles. The number of hydrogen-bond acceptors (Lipinski definition) is 3. The van der Waals surface area contributed by atoms with Crippen LogP contribution in [0.3, 0.4) is 0 Å². The summed E-state index contributed by atoms with van der Waals surface area (Å²) in [6, 6.07) is 18.9. The number of nitrogens with one attached hydrogen (secondary N) is 2. The first-order chi connectivity index (χ1) is 11.3. The third-order valence-corrected chi connectivity index (χ3v) is 4.20. The number of anilines is 2. The van der Waals surface area contributed by atoms with Gasteiger partial charge >= 0.3 is 0 Å². The number of imidazole rings is 1. The Kier molecular flexibility index (Phi) is 3.60. The summed E-state index contributed by atoms with van der Waals surface area (Å²) in [6.45, 7) is 4.82. The maximum absolute atomic E-state index is 4.87. The highest BCUT2D eigenvalue weighted by molar-refractivity contribution is 5.76. The maximum Gasteiger partial charge on any atom is 0.138 e. The minimum Gasteiger partial charge on any atom is -0.340 e. The summed E-state index contributed by atoms with van der Waals surface area (Å²) < 4.78 is 2.29. The van der Waals surface area contributed by atoms with Crippen LogP contribution in [0.4, 0.5) is 11.5 Å². The van der Waals surface area contributed by atoms with Crippen LogP contribution in [0.5, 0.6) is 0 Å². The Morgan fingerprint density at radius 2 is 1.83 bits per heavy atom. The number of aromatic nitrogens is 2. The van der Waals surface area contributed by atoms with Crippen molar-refractivity contribution >= 4 is 11.5 Å². The first-order valence-corrected chi connectivity index (χ1v) is 8.00. The van der Waals surface area contributed by atoms with Gasteiger partial charge in [0.15, 0.2) is 0 Å². The lowest BCUT2D eigenvalue weighted by atomic mass is 10.1. The highest BCUT2D eigenvalue weighted by Crippen LogP contribution is 2.32. The molecule has 0 unspecified atom stereocenters. The molecular formula is C19H20N4. The molecule has 0 radical (unpaired) electrons. The number of fused-ring (bicyclic) bond motifs is 1. The normalized spacial score (nSPS) is 13.6. The van der Waals surface area contributed by atoms with Crippen LogP contribution in [-0.2, 0) is 13.1 Å². The van der Waals surface area contributed by atoms with Crippen LogP contribution in [0, 0.1) is 6.92 Å². The molecule has 4 heteroatoms. The van der Waals surface area contributed by atoms with Crippen LogP contribution in [-0.4, -0.2) is 16.1 Å². The second-order valence-corrected chi connectivity index (χ2v) is 5.91. The Labute approximate surface area is 136 Å². The summed E-state index contributed by atoms with van der Waals surface area (Å²) in [5.74, 6) is 2.17. The third-order valence-electron chi connectivity index (χ3n) is 4.20. The second-order valence-electron chi connectivity index (χ2n) is 5.91. The topological polar surface area (TPSA) is 41.9 Å². The van der Waals surface area contributed by atoms with E-state index < -0.39 is 0 Å². The van der Waals surface area contributed by atoms with E-state index >= 15 is 0 Å². The fourth-order valence-electron chi connectivity index (χ4n) is 2.96. The van der Waals surface area contributed by atoms with Crippen molar-refractivity contribution in [3.8, 4) is 11.3 Å². The van der Waals surface area contributed by atoms with Crippen LogP contribution < -0.4 is 10.6 Å². The molecule has 4 rings (SSSR count). The second kappa shape index (κ2) is 5.89. The Morgan fingerprint density at radius 3 is 2.61 bits per heavy atom. The fraction of sp³-hybridized carbons (Fsp3) is 0.211. The van der Waals surface area contributed by atoms with Gasteiger partial charge in [0, 0.05) is 24.3 Å². The molecule has 23 heavy (non-hydrogen) atoms. The summed E-state index contributed by atoms with van der Waals surface area (Å²) in [4.78, 5) is 4.87. The fourth-order valence-corrected chi connectivity index (χ4v) is 2.96. The molecular weight excluding hydrogens is 284 g/mol. The Balaban J connectivity index is 1.79. The first kappa shape index (κ1) is 14.0. The van der Waals surface area contributed by atoms with Gasteiger partial charge in [-0.3, -0.25) is 0 Å².